The second-order valence-electron chi connectivity index (χ2n) is 5.84. The first-order valence-corrected chi connectivity index (χ1v) is 8.51. The Balaban J connectivity index is 1.74. The fourth-order valence-electron chi connectivity index (χ4n) is 2.97. The van der Waals surface area contributed by atoms with Gasteiger partial charge >= 0.3 is 0 Å². The molecular formula is C16H19N5S. The van der Waals surface area contributed by atoms with Crippen molar-refractivity contribution in [3.05, 3.63) is 29.8 Å². The number of nitrogen functional groups attached to an aromatic ring is 1. The van der Waals surface area contributed by atoms with Crippen LogP contribution in [0.4, 0.5) is 10.9 Å². The lowest BCUT2D eigenvalue weighted by Gasteiger charge is -2.25. The van der Waals surface area contributed by atoms with E-state index in [0.717, 1.165) is 34.4 Å². The third-order valence-electron chi connectivity index (χ3n) is 4.15. The molecule has 22 heavy (non-hydrogen) atoms. The Morgan fingerprint density at radius 1 is 1.18 bits per heavy atom. The van der Waals surface area contributed by atoms with Gasteiger partial charge in [0.1, 0.15) is 5.69 Å². The van der Waals surface area contributed by atoms with Crippen LogP contribution in [0.15, 0.2) is 24.3 Å². The van der Waals surface area contributed by atoms with Gasteiger partial charge in [0.15, 0.2) is 5.82 Å². The Hall–Kier alpha value is -2.08. The van der Waals surface area contributed by atoms with Crippen LogP contribution in [0.1, 0.15) is 24.8 Å². The largest absolute Gasteiger partial charge is 0.382 e. The molecule has 2 N–H and O–H groups in total. The number of aryl methyl sites for hydroxylation is 1. The Morgan fingerprint density at radius 3 is 2.73 bits per heavy atom. The van der Waals surface area contributed by atoms with Crippen molar-refractivity contribution in [3.8, 4) is 11.3 Å². The van der Waals surface area contributed by atoms with Gasteiger partial charge in [-0.3, -0.25) is 0 Å². The minimum atomic E-state index is 0.625. The number of hydrogen-bond acceptors (Lipinski definition) is 5. The molecule has 1 fully saturated rings. The van der Waals surface area contributed by atoms with E-state index < -0.39 is 0 Å². The molecule has 0 atom stereocenters. The zero-order valence-electron chi connectivity index (χ0n) is 12.6. The predicted molar refractivity (Wildman–Crippen MR) is 91.5 cm³/mol. The van der Waals surface area contributed by atoms with Gasteiger partial charge in [0.2, 0.25) is 10.1 Å². The second-order valence-corrected chi connectivity index (χ2v) is 6.78. The van der Waals surface area contributed by atoms with E-state index in [9.17, 15) is 0 Å². The summed E-state index contributed by atoms with van der Waals surface area (Å²) in [6.45, 7) is 4.24. The van der Waals surface area contributed by atoms with E-state index in [1.165, 1.54) is 24.8 Å². The van der Waals surface area contributed by atoms with Gasteiger partial charge in [0, 0.05) is 18.7 Å². The zero-order chi connectivity index (χ0) is 15.1. The summed E-state index contributed by atoms with van der Waals surface area (Å²) in [6, 6.07) is 8.25. The van der Waals surface area contributed by atoms with Crippen molar-refractivity contribution in [3.63, 3.8) is 0 Å². The normalized spacial score (nSPS) is 15.6. The minimum absolute atomic E-state index is 0.625. The molecule has 3 heterocycles. The van der Waals surface area contributed by atoms with E-state index in [4.69, 9.17) is 10.7 Å². The van der Waals surface area contributed by atoms with Crippen LogP contribution in [-0.4, -0.2) is 27.7 Å². The summed E-state index contributed by atoms with van der Waals surface area (Å²) in [5.74, 6) is 0.625. The summed E-state index contributed by atoms with van der Waals surface area (Å²) in [5, 5.41) is 5.71. The van der Waals surface area contributed by atoms with Gasteiger partial charge in [-0.05, 0) is 32.3 Å². The molecule has 3 aromatic rings. The van der Waals surface area contributed by atoms with Gasteiger partial charge in [-0.2, -0.15) is 4.52 Å². The van der Waals surface area contributed by atoms with Crippen LogP contribution in [0.5, 0.6) is 0 Å². The SMILES string of the molecule is Cc1cccc(-c2nc3sc(N4CCCCC4)nn3c2N)c1. The van der Waals surface area contributed by atoms with Gasteiger partial charge in [-0.1, -0.05) is 35.1 Å². The molecule has 1 aromatic carbocycles. The van der Waals surface area contributed by atoms with Crippen molar-refractivity contribution in [1.29, 1.82) is 0 Å². The molecule has 1 saturated heterocycles. The van der Waals surface area contributed by atoms with Crippen LogP contribution in [0.2, 0.25) is 0 Å². The molecule has 2 aromatic heterocycles. The van der Waals surface area contributed by atoms with Crippen LogP contribution in [0, 0.1) is 6.92 Å². The Morgan fingerprint density at radius 2 is 2.00 bits per heavy atom. The van der Waals surface area contributed by atoms with Gasteiger partial charge < -0.3 is 10.6 Å². The zero-order valence-corrected chi connectivity index (χ0v) is 13.4. The van der Waals surface area contributed by atoms with E-state index >= 15 is 0 Å². The first-order valence-electron chi connectivity index (χ1n) is 7.69. The number of anilines is 2. The molecule has 6 heteroatoms. The summed E-state index contributed by atoms with van der Waals surface area (Å²) in [5.41, 5.74) is 9.37. The van der Waals surface area contributed by atoms with Crippen molar-refractivity contribution in [2.75, 3.05) is 23.7 Å². The molecular weight excluding hydrogens is 294 g/mol. The highest BCUT2D eigenvalue weighted by molar-refractivity contribution is 7.20. The number of benzene rings is 1. The molecule has 0 spiro atoms. The van der Waals surface area contributed by atoms with Crippen LogP contribution in [-0.2, 0) is 0 Å². The van der Waals surface area contributed by atoms with Crippen LogP contribution in [0.25, 0.3) is 16.2 Å². The lowest BCUT2D eigenvalue weighted by Crippen LogP contribution is -2.29. The molecule has 1 aliphatic heterocycles. The van der Waals surface area contributed by atoms with E-state index in [1.807, 2.05) is 12.1 Å². The fourth-order valence-corrected chi connectivity index (χ4v) is 3.93. The van der Waals surface area contributed by atoms with Crippen LogP contribution < -0.4 is 10.6 Å². The molecule has 0 radical (unpaired) electrons. The summed E-state index contributed by atoms with van der Waals surface area (Å²) < 4.78 is 1.78. The second kappa shape index (κ2) is 5.28. The maximum absolute atomic E-state index is 6.29. The highest BCUT2D eigenvalue weighted by atomic mass is 32.1. The van der Waals surface area contributed by atoms with E-state index in [1.54, 1.807) is 15.9 Å². The number of piperidine rings is 1. The number of rotatable bonds is 2. The molecule has 0 amide bonds. The Kier molecular flexibility index (Phi) is 3.26. The topological polar surface area (TPSA) is 59.5 Å². The molecule has 1 aliphatic rings. The Labute approximate surface area is 133 Å². The summed E-state index contributed by atoms with van der Waals surface area (Å²) in [6.07, 6.45) is 3.80. The highest BCUT2D eigenvalue weighted by Gasteiger charge is 2.19. The molecule has 5 nitrogen and oxygen atoms in total. The third-order valence-corrected chi connectivity index (χ3v) is 5.11. The molecule has 0 bridgehead atoms. The van der Waals surface area contributed by atoms with Gasteiger partial charge in [0.25, 0.3) is 0 Å². The first-order chi connectivity index (χ1) is 10.7. The summed E-state index contributed by atoms with van der Waals surface area (Å²) in [7, 11) is 0. The average molecular weight is 313 g/mol. The molecule has 0 unspecified atom stereocenters. The third kappa shape index (κ3) is 2.23. The number of aromatic nitrogens is 3. The average Bonchev–Trinajstić information content (AvgIpc) is 3.08. The maximum Gasteiger partial charge on any atom is 0.216 e. The lowest BCUT2D eigenvalue weighted by atomic mass is 10.1. The maximum atomic E-state index is 6.29. The fraction of sp³-hybridized carbons (Fsp3) is 0.375. The van der Waals surface area contributed by atoms with Gasteiger partial charge in [-0.25, -0.2) is 4.98 Å². The molecule has 0 saturated carbocycles. The number of nitrogens with zero attached hydrogens (tertiary/aromatic N) is 4. The van der Waals surface area contributed by atoms with Gasteiger partial charge in [0.05, 0.1) is 0 Å². The number of imidazole rings is 1. The number of hydrogen-bond donors (Lipinski definition) is 1. The molecule has 114 valence electrons. The first kappa shape index (κ1) is 13.6. The standard InChI is InChI=1S/C16H19N5S/c1-11-6-5-7-12(10-11)13-14(17)21-15(18-13)22-16(19-21)20-8-3-2-4-9-20/h5-7,10H,2-4,8-9,17H2,1H3. The van der Waals surface area contributed by atoms with E-state index in [0.29, 0.717) is 5.82 Å². The number of nitrogens with two attached hydrogens (primary N) is 1. The van der Waals surface area contributed by atoms with Crippen LogP contribution in [0.3, 0.4) is 0 Å². The van der Waals surface area contributed by atoms with Crippen molar-refractivity contribution >= 4 is 27.2 Å². The lowest BCUT2D eigenvalue weighted by molar-refractivity contribution is 0.574. The van der Waals surface area contributed by atoms with Crippen molar-refractivity contribution in [2.24, 2.45) is 0 Å². The molecule has 0 aliphatic carbocycles. The van der Waals surface area contributed by atoms with Crippen molar-refractivity contribution < 1.29 is 0 Å². The molecule has 4 rings (SSSR count). The summed E-state index contributed by atoms with van der Waals surface area (Å²) >= 11 is 1.62. The Bertz CT molecular complexity index is 813. The number of fused-ring (bicyclic) bond motifs is 1. The summed E-state index contributed by atoms with van der Waals surface area (Å²) in [4.78, 5) is 7.92. The van der Waals surface area contributed by atoms with E-state index in [-0.39, 0.29) is 0 Å². The van der Waals surface area contributed by atoms with Gasteiger partial charge in [-0.15, -0.1) is 5.10 Å². The van der Waals surface area contributed by atoms with E-state index in [2.05, 4.69) is 29.1 Å². The van der Waals surface area contributed by atoms with Crippen molar-refractivity contribution in [1.82, 2.24) is 14.6 Å². The van der Waals surface area contributed by atoms with Crippen molar-refractivity contribution in [2.45, 2.75) is 26.2 Å². The minimum Gasteiger partial charge on any atom is -0.382 e. The van der Waals surface area contributed by atoms with Crippen LogP contribution >= 0.6 is 11.3 Å². The predicted octanol–water partition coefficient (Wildman–Crippen LogP) is 3.34. The quantitative estimate of drug-likeness (QED) is 0.788. The highest BCUT2D eigenvalue weighted by Crippen LogP contribution is 2.32. The monoisotopic (exact) mass is 313 g/mol. The smallest absolute Gasteiger partial charge is 0.216 e.